The number of benzene rings is 1. The van der Waals surface area contributed by atoms with E-state index in [1.54, 1.807) is 18.2 Å². The van der Waals surface area contributed by atoms with Gasteiger partial charge in [0.1, 0.15) is 11.6 Å². The summed E-state index contributed by atoms with van der Waals surface area (Å²) in [5, 5.41) is 9.42. The maximum Gasteiger partial charge on any atom is 0.270 e. The molecule has 7 heteroatoms. The third-order valence-corrected chi connectivity index (χ3v) is 4.57. The number of rotatable bonds is 2. The average Bonchev–Trinajstić information content (AvgIpc) is 2.92. The van der Waals surface area contributed by atoms with Gasteiger partial charge in [0.2, 0.25) is 12.7 Å². The van der Waals surface area contributed by atoms with E-state index >= 15 is 0 Å². The SMILES string of the molecule is N#Cc1c(-c2ccc3c(c2)OCO3)nc(N2CCCCCC2)[nH]c1=O. The van der Waals surface area contributed by atoms with Gasteiger partial charge in [0.25, 0.3) is 5.56 Å². The molecule has 2 aliphatic rings. The molecule has 1 aromatic carbocycles. The van der Waals surface area contributed by atoms with Crippen LogP contribution >= 0.6 is 0 Å². The zero-order chi connectivity index (χ0) is 17.2. The third kappa shape index (κ3) is 2.91. The summed E-state index contributed by atoms with van der Waals surface area (Å²) in [6.45, 7) is 1.89. The lowest BCUT2D eigenvalue weighted by molar-refractivity contribution is 0.174. The Bertz CT molecular complexity index is 892. The van der Waals surface area contributed by atoms with Crippen LogP contribution in [0, 0.1) is 11.3 Å². The van der Waals surface area contributed by atoms with Crippen LogP contribution in [0.5, 0.6) is 11.5 Å². The van der Waals surface area contributed by atoms with Gasteiger partial charge in [-0.05, 0) is 31.0 Å². The minimum absolute atomic E-state index is 0.0115. The van der Waals surface area contributed by atoms with E-state index in [-0.39, 0.29) is 12.4 Å². The summed E-state index contributed by atoms with van der Waals surface area (Å²) in [5.74, 6) is 1.78. The van der Waals surface area contributed by atoms with Crippen molar-refractivity contribution < 1.29 is 9.47 Å². The lowest BCUT2D eigenvalue weighted by atomic mass is 10.1. The molecule has 128 valence electrons. The summed E-state index contributed by atoms with van der Waals surface area (Å²) in [6.07, 6.45) is 4.52. The van der Waals surface area contributed by atoms with Crippen molar-refractivity contribution in [2.75, 3.05) is 24.8 Å². The Labute approximate surface area is 144 Å². The van der Waals surface area contributed by atoms with Crippen LogP contribution in [-0.4, -0.2) is 29.9 Å². The predicted octanol–water partition coefficient (Wildman–Crippen LogP) is 2.42. The summed E-state index contributed by atoms with van der Waals surface area (Å²) in [6, 6.07) is 7.30. The minimum atomic E-state index is -0.413. The molecule has 0 saturated carbocycles. The average molecular weight is 338 g/mol. The quantitative estimate of drug-likeness (QED) is 0.904. The second kappa shape index (κ2) is 6.48. The molecule has 3 heterocycles. The Morgan fingerprint density at radius 3 is 2.64 bits per heavy atom. The molecule has 0 radical (unpaired) electrons. The van der Waals surface area contributed by atoms with Crippen LogP contribution < -0.4 is 19.9 Å². The molecule has 0 spiro atoms. The zero-order valence-electron chi connectivity index (χ0n) is 13.7. The minimum Gasteiger partial charge on any atom is -0.454 e. The second-order valence-corrected chi connectivity index (χ2v) is 6.19. The molecule has 0 aliphatic carbocycles. The molecule has 4 rings (SSSR count). The summed E-state index contributed by atoms with van der Waals surface area (Å²) in [5.41, 5.74) is 0.647. The molecular weight excluding hydrogens is 320 g/mol. The Morgan fingerprint density at radius 2 is 1.88 bits per heavy atom. The summed E-state index contributed by atoms with van der Waals surface area (Å²) in [4.78, 5) is 21.9. The first-order valence-corrected chi connectivity index (χ1v) is 8.45. The van der Waals surface area contributed by atoms with Gasteiger partial charge in [-0.1, -0.05) is 12.8 Å². The van der Waals surface area contributed by atoms with E-state index in [1.807, 2.05) is 6.07 Å². The summed E-state index contributed by atoms with van der Waals surface area (Å²) < 4.78 is 10.7. The molecule has 0 atom stereocenters. The summed E-state index contributed by atoms with van der Waals surface area (Å²) >= 11 is 0. The van der Waals surface area contributed by atoms with Crippen LogP contribution in [0.3, 0.4) is 0 Å². The van der Waals surface area contributed by atoms with E-state index in [9.17, 15) is 10.1 Å². The number of nitriles is 1. The van der Waals surface area contributed by atoms with E-state index in [1.165, 1.54) is 12.8 Å². The first-order chi connectivity index (χ1) is 12.3. The number of nitrogens with zero attached hydrogens (tertiary/aromatic N) is 3. The fraction of sp³-hybridized carbons (Fsp3) is 0.389. The van der Waals surface area contributed by atoms with Crippen molar-refractivity contribution >= 4 is 5.95 Å². The number of aromatic amines is 1. The van der Waals surface area contributed by atoms with Gasteiger partial charge in [0, 0.05) is 18.7 Å². The Balaban J connectivity index is 1.80. The van der Waals surface area contributed by atoms with Crippen LogP contribution in [0.4, 0.5) is 5.95 Å². The van der Waals surface area contributed by atoms with Gasteiger partial charge in [-0.2, -0.15) is 5.26 Å². The number of H-pyrrole nitrogens is 1. The van der Waals surface area contributed by atoms with Gasteiger partial charge in [-0.15, -0.1) is 0 Å². The van der Waals surface area contributed by atoms with Crippen LogP contribution in [0.1, 0.15) is 31.2 Å². The van der Waals surface area contributed by atoms with Crippen molar-refractivity contribution in [3.63, 3.8) is 0 Å². The van der Waals surface area contributed by atoms with Crippen LogP contribution in [0.15, 0.2) is 23.0 Å². The highest BCUT2D eigenvalue weighted by molar-refractivity contribution is 5.70. The Morgan fingerprint density at radius 1 is 1.12 bits per heavy atom. The van der Waals surface area contributed by atoms with E-state index in [0.29, 0.717) is 28.7 Å². The first kappa shape index (κ1) is 15.5. The Hall–Kier alpha value is -3.01. The van der Waals surface area contributed by atoms with E-state index in [4.69, 9.17) is 9.47 Å². The number of fused-ring (bicyclic) bond motifs is 1. The first-order valence-electron chi connectivity index (χ1n) is 8.45. The fourth-order valence-corrected chi connectivity index (χ4v) is 3.25. The molecule has 25 heavy (non-hydrogen) atoms. The van der Waals surface area contributed by atoms with Gasteiger partial charge in [-0.3, -0.25) is 9.78 Å². The zero-order valence-corrected chi connectivity index (χ0v) is 13.7. The highest BCUT2D eigenvalue weighted by atomic mass is 16.7. The smallest absolute Gasteiger partial charge is 0.270 e. The van der Waals surface area contributed by atoms with Crippen molar-refractivity contribution in [1.82, 2.24) is 9.97 Å². The highest BCUT2D eigenvalue weighted by Gasteiger charge is 2.20. The molecule has 0 amide bonds. The molecule has 1 fully saturated rings. The lowest BCUT2D eigenvalue weighted by Crippen LogP contribution is -2.29. The number of hydrogen-bond donors (Lipinski definition) is 1. The topological polar surface area (TPSA) is 91.2 Å². The van der Waals surface area contributed by atoms with Crippen LogP contribution in [0.2, 0.25) is 0 Å². The maximum absolute atomic E-state index is 12.4. The molecule has 7 nitrogen and oxygen atoms in total. The van der Waals surface area contributed by atoms with E-state index in [2.05, 4.69) is 14.9 Å². The summed E-state index contributed by atoms with van der Waals surface area (Å²) in [7, 11) is 0. The van der Waals surface area contributed by atoms with Crippen molar-refractivity contribution in [3.8, 4) is 28.8 Å². The largest absolute Gasteiger partial charge is 0.454 e. The van der Waals surface area contributed by atoms with Gasteiger partial charge in [-0.25, -0.2) is 4.98 Å². The molecule has 2 aromatic rings. The van der Waals surface area contributed by atoms with E-state index < -0.39 is 5.56 Å². The van der Waals surface area contributed by atoms with Gasteiger partial charge in [0.05, 0.1) is 5.69 Å². The maximum atomic E-state index is 12.4. The second-order valence-electron chi connectivity index (χ2n) is 6.19. The molecule has 0 bridgehead atoms. The van der Waals surface area contributed by atoms with Crippen molar-refractivity contribution in [2.45, 2.75) is 25.7 Å². The fourth-order valence-electron chi connectivity index (χ4n) is 3.25. The standard InChI is InChI=1S/C18H18N4O3/c19-10-13-16(12-5-6-14-15(9-12)25-11-24-14)20-18(21-17(13)23)22-7-3-1-2-4-8-22/h5-6,9H,1-4,7-8,11H2,(H,20,21,23). The number of nitrogens with one attached hydrogen (secondary N) is 1. The van der Waals surface area contributed by atoms with Crippen molar-refractivity contribution in [2.24, 2.45) is 0 Å². The van der Waals surface area contributed by atoms with E-state index in [0.717, 1.165) is 25.9 Å². The monoisotopic (exact) mass is 338 g/mol. The van der Waals surface area contributed by atoms with Gasteiger partial charge in [0.15, 0.2) is 11.5 Å². The highest BCUT2D eigenvalue weighted by Crippen LogP contribution is 2.36. The Kier molecular flexibility index (Phi) is 4.02. The van der Waals surface area contributed by atoms with Crippen molar-refractivity contribution in [1.29, 1.82) is 5.26 Å². The molecular formula is C18H18N4O3. The third-order valence-electron chi connectivity index (χ3n) is 4.57. The number of aromatic nitrogens is 2. The normalized spacial score (nSPS) is 16.4. The number of hydrogen-bond acceptors (Lipinski definition) is 6. The lowest BCUT2D eigenvalue weighted by Gasteiger charge is -2.21. The molecule has 0 unspecified atom stereocenters. The molecule has 2 aliphatic heterocycles. The number of ether oxygens (including phenoxy) is 2. The van der Waals surface area contributed by atoms with Crippen LogP contribution in [-0.2, 0) is 0 Å². The molecule has 1 aromatic heterocycles. The van der Waals surface area contributed by atoms with Gasteiger partial charge >= 0.3 is 0 Å². The van der Waals surface area contributed by atoms with Gasteiger partial charge < -0.3 is 14.4 Å². The molecule has 1 saturated heterocycles. The number of anilines is 1. The predicted molar refractivity (Wildman–Crippen MR) is 91.8 cm³/mol. The van der Waals surface area contributed by atoms with Crippen LogP contribution in [0.25, 0.3) is 11.3 Å². The molecule has 1 N–H and O–H groups in total. The van der Waals surface area contributed by atoms with Crippen molar-refractivity contribution in [3.05, 3.63) is 34.1 Å².